The first-order valence-electron chi connectivity index (χ1n) is 7.09. The van der Waals surface area contributed by atoms with E-state index in [0.29, 0.717) is 22.9 Å². The van der Waals surface area contributed by atoms with Crippen molar-refractivity contribution in [3.8, 4) is 17.2 Å². The van der Waals surface area contributed by atoms with Gasteiger partial charge in [0.15, 0.2) is 11.5 Å². The molecule has 5 nitrogen and oxygen atoms in total. The van der Waals surface area contributed by atoms with E-state index in [0.717, 1.165) is 10.8 Å². The van der Waals surface area contributed by atoms with Crippen LogP contribution in [0.25, 0.3) is 10.8 Å². The van der Waals surface area contributed by atoms with E-state index in [1.807, 2.05) is 32.0 Å². The number of anilines is 1. The zero-order valence-electron chi connectivity index (χ0n) is 13.5. The van der Waals surface area contributed by atoms with Crippen molar-refractivity contribution < 1.29 is 19.0 Å². The number of carbonyl (C=O) groups is 1. The second kappa shape index (κ2) is 6.56. The van der Waals surface area contributed by atoms with E-state index in [2.05, 4.69) is 5.32 Å². The predicted molar refractivity (Wildman–Crippen MR) is 87.1 cm³/mol. The largest absolute Gasteiger partial charge is 0.493 e. The minimum atomic E-state index is -0.119. The van der Waals surface area contributed by atoms with Crippen LogP contribution in [-0.4, -0.2) is 26.2 Å². The molecule has 0 bridgehead atoms. The number of benzene rings is 2. The number of methoxy groups -OCH3 is 2. The normalized spacial score (nSPS) is 10.6. The molecule has 0 fully saturated rings. The lowest BCUT2D eigenvalue weighted by Crippen LogP contribution is -2.08. The van der Waals surface area contributed by atoms with Crippen LogP contribution in [0.2, 0.25) is 0 Å². The fourth-order valence-electron chi connectivity index (χ4n) is 2.34. The molecular weight excluding hydrogens is 282 g/mol. The van der Waals surface area contributed by atoms with Gasteiger partial charge in [0.05, 0.1) is 20.3 Å². The quantitative estimate of drug-likeness (QED) is 0.917. The van der Waals surface area contributed by atoms with Gasteiger partial charge in [-0.05, 0) is 32.0 Å². The van der Waals surface area contributed by atoms with E-state index in [4.69, 9.17) is 14.2 Å². The third kappa shape index (κ3) is 3.24. The first-order chi connectivity index (χ1) is 10.5. The van der Waals surface area contributed by atoms with Gasteiger partial charge in [-0.3, -0.25) is 4.79 Å². The highest BCUT2D eigenvalue weighted by atomic mass is 16.5. The third-order valence-electron chi connectivity index (χ3n) is 3.12. The second-order valence-corrected chi connectivity index (χ2v) is 5.22. The maximum atomic E-state index is 11.2. The lowest BCUT2D eigenvalue weighted by molar-refractivity contribution is -0.114. The van der Waals surface area contributed by atoms with Crippen LogP contribution in [0.3, 0.4) is 0 Å². The van der Waals surface area contributed by atoms with E-state index >= 15 is 0 Å². The Labute approximate surface area is 130 Å². The van der Waals surface area contributed by atoms with E-state index in [1.165, 1.54) is 6.92 Å². The molecule has 0 aliphatic heterocycles. The molecule has 0 saturated carbocycles. The molecule has 0 saturated heterocycles. The average Bonchev–Trinajstić information content (AvgIpc) is 2.45. The lowest BCUT2D eigenvalue weighted by Gasteiger charge is -2.18. The Morgan fingerprint density at radius 1 is 1.05 bits per heavy atom. The summed E-state index contributed by atoms with van der Waals surface area (Å²) >= 11 is 0. The van der Waals surface area contributed by atoms with Crippen molar-refractivity contribution in [3.63, 3.8) is 0 Å². The van der Waals surface area contributed by atoms with Gasteiger partial charge in [0, 0.05) is 29.4 Å². The van der Waals surface area contributed by atoms with Crippen molar-refractivity contribution >= 4 is 22.4 Å². The zero-order valence-corrected chi connectivity index (χ0v) is 13.5. The Morgan fingerprint density at radius 3 is 2.32 bits per heavy atom. The smallest absolute Gasteiger partial charge is 0.221 e. The van der Waals surface area contributed by atoms with Crippen molar-refractivity contribution in [2.45, 2.75) is 26.9 Å². The van der Waals surface area contributed by atoms with Crippen LogP contribution in [0.5, 0.6) is 17.2 Å². The molecule has 1 N–H and O–H groups in total. The van der Waals surface area contributed by atoms with Gasteiger partial charge in [0.1, 0.15) is 5.75 Å². The van der Waals surface area contributed by atoms with Crippen molar-refractivity contribution in [3.05, 3.63) is 24.3 Å². The number of hydrogen-bond acceptors (Lipinski definition) is 4. The molecule has 2 aromatic rings. The average molecular weight is 303 g/mol. The summed E-state index contributed by atoms with van der Waals surface area (Å²) in [4.78, 5) is 11.2. The Balaban J connectivity index is 2.69. The van der Waals surface area contributed by atoms with Crippen molar-refractivity contribution in [2.24, 2.45) is 0 Å². The molecule has 0 radical (unpaired) electrons. The number of hydrogen-bond donors (Lipinski definition) is 1. The fraction of sp³-hybridized carbons (Fsp3) is 0.353. The summed E-state index contributed by atoms with van der Waals surface area (Å²) in [6, 6.07) is 7.38. The Hall–Kier alpha value is -2.43. The van der Waals surface area contributed by atoms with E-state index in [1.54, 1.807) is 20.3 Å². The van der Waals surface area contributed by atoms with Crippen LogP contribution in [0, 0.1) is 0 Å². The van der Waals surface area contributed by atoms with Crippen LogP contribution in [0.1, 0.15) is 20.8 Å². The molecule has 0 aliphatic carbocycles. The summed E-state index contributed by atoms with van der Waals surface area (Å²) in [5.41, 5.74) is 0.709. The Kier molecular flexibility index (Phi) is 4.75. The molecule has 2 rings (SSSR count). The number of nitrogens with one attached hydrogen (secondary N) is 1. The highest BCUT2D eigenvalue weighted by Gasteiger charge is 2.16. The van der Waals surface area contributed by atoms with Gasteiger partial charge >= 0.3 is 0 Å². The van der Waals surface area contributed by atoms with Gasteiger partial charge in [-0.15, -0.1) is 0 Å². The summed E-state index contributed by atoms with van der Waals surface area (Å²) in [6.45, 7) is 5.39. The summed E-state index contributed by atoms with van der Waals surface area (Å²) in [5.74, 6) is 1.82. The Morgan fingerprint density at radius 2 is 1.77 bits per heavy atom. The van der Waals surface area contributed by atoms with Crippen molar-refractivity contribution in [1.29, 1.82) is 0 Å². The van der Waals surface area contributed by atoms with Crippen LogP contribution in [0.15, 0.2) is 24.3 Å². The standard InChI is InChI=1S/C17H21NO4/c1-10(2)22-15-9-16(20-4)17(21-5)13-7-6-12(8-14(13)15)18-11(3)19/h6-10H,1-5H3,(H,18,19). The molecule has 22 heavy (non-hydrogen) atoms. The maximum absolute atomic E-state index is 11.2. The van der Waals surface area contributed by atoms with Crippen molar-refractivity contribution in [2.75, 3.05) is 19.5 Å². The molecule has 2 aromatic carbocycles. The number of fused-ring (bicyclic) bond motifs is 1. The molecule has 0 aromatic heterocycles. The molecule has 0 atom stereocenters. The maximum Gasteiger partial charge on any atom is 0.221 e. The van der Waals surface area contributed by atoms with Crippen molar-refractivity contribution in [1.82, 2.24) is 0 Å². The van der Waals surface area contributed by atoms with Gasteiger partial charge in [0.25, 0.3) is 0 Å². The van der Waals surface area contributed by atoms with Crippen LogP contribution in [-0.2, 0) is 4.79 Å². The Bertz CT molecular complexity index is 695. The summed E-state index contributed by atoms with van der Waals surface area (Å²) in [5, 5.41) is 4.50. The first-order valence-corrected chi connectivity index (χ1v) is 7.09. The van der Waals surface area contributed by atoms with Gasteiger partial charge < -0.3 is 19.5 Å². The SMILES string of the molecule is COc1cc(OC(C)C)c2cc(NC(C)=O)ccc2c1OC. The molecule has 0 aliphatic rings. The summed E-state index contributed by atoms with van der Waals surface area (Å²) in [6.07, 6.45) is 0.0192. The molecule has 0 heterocycles. The minimum Gasteiger partial charge on any atom is -0.493 e. The number of amides is 1. The van der Waals surface area contributed by atoms with Gasteiger partial charge in [0.2, 0.25) is 5.91 Å². The molecule has 5 heteroatoms. The highest BCUT2D eigenvalue weighted by Crippen LogP contribution is 2.42. The number of ether oxygens (including phenoxy) is 3. The molecule has 118 valence electrons. The van der Waals surface area contributed by atoms with Gasteiger partial charge in [-0.1, -0.05) is 0 Å². The number of carbonyl (C=O) groups excluding carboxylic acids is 1. The van der Waals surface area contributed by atoms with Crippen LogP contribution in [0.4, 0.5) is 5.69 Å². The van der Waals surface area contributed by atoms with Gasteiger partial charge in [-0.2, -0.15) is 0 Å². The lowest BCUT2D eigenvalue weighted by atomic mass is 10.1. The van der Waals surface area contributed by atoms with E-state index in [-0.39, 0.29) is 12.0 Å². The summed E-state index contributed by atoms with van der Waals surface area (Å²) < 4.78 is 16.7. The van der Waals surface area contributed by atoms with E-state index < -0.39 is 0 Å². The zero-order chi connectivity index (χ0) is 16.3. The molecule has 0 unspecified atom stereocenters. The monoisotopic (exact) mass is 303 g/mol. The predicted octanol–water partition coefficient (Wildman–Crippen LogP) is 3.60. The number of rotatable bonds is 5. The van der Waals surface area contributed by atoms with Gasteiger partial charge in [-0.25, -0.2) is 0 Å². The molecule has 0 spiro atoms. The molecular formula is C17H21NO4. The highest BCUT2D eigenvalue weighted by molar-refractivity contribution is 5.99. The topological polar surface area (TPSA) is 56.8 Å². The van der Waals surface area contributed by atoms with Crippen LogP contribution < -0.4 is 19.5 Å². The summed E-state index contributed by atoms with van der Waals surface area (Å²) in [7, 11) is 3.19. The first kappa shape index (κ1) is 15.9. The minimum absolute atomic E-state index is 0.0192. The third-order valence-corrected chi connectivity index (χ3v) is 3.12. The van der Waals surface area contributed by atoms with Crippen LogP contribution >= 0.6 is 0 Å². The fourth-order valence-corrected chi connectivity index (χ4v) is 2.34. The molecule has 1 amide bonds. The van der Waals surface area contributed by atoms with E-state index in [9.17, 15) is 4.79 Å². The second-order valence-electron chi connectivity index (χ2n) is 5.22.